The topological polar surface area (TPSA) is 73.0 Å². The van der Waals surface area contributed by atoms with Gasteiger partial charge in [-0.05, 0) is 37.3 Å². The molecule has 0 radical (unpaired) electrons. The minimum Gasteiger partial charge on any atom is -0.327 e. The van der Waals surface area contributed by atoms with Gasteiger partial charge in [0.15, 0.2) is 5.82 Å². The van der Waals surface area contributed by atoms with Gasteiger partial charge in [0.1, 0.15) is 5.82 Å². The summed E-state index contributed by atoms with van der Waals surface area (Å²) in [6.45, 7) is 1.47. The van der Waals surface area contributed by atoms with Gasteiger partial charge < -0.3 is 9.47 Å². The van der Waals surface area contributed by atoms with Gasteiger partial charge in [-0.3, -0.25) is 14.2 Å². The first-order valence-corrected chi connectivity index (χ1v) is 8.97. The van der Waals surface area contributed by atoms with Gasteiger partial charge >= 0.3 is 6.18 Å². The molecule has 4 rings (SSSR count). The molecule has 1 aromatic carbocycles. The maximum atomic E-state index is 13.2. The van der Waals surface area contributed by atoms with E-state index in [4.69, 9.17) is 0 Å². The van der Waals surface area contributed by atoms with E-state index >= 15 is 0 Å². The van der Waals surface area contributed by atoms with E-state index in [2.05, 4.69) is 10.2 Å². The zero-order valence-electron chi connectivity index (χ0n) is 15.6. The number of carbonyl (C=O) groups excluding carboxylic acids is 1. The van der Waals surface area contributed by atoms with Crippen LogP contribution < -0.4 is 5.56 Å². The standard InChI is InChI=1S/C19H15F4N5O2/c1-11-16-24-25-18(19(21,22)23)27(16)9-8-26(11)17(30)12-2-7-15(29)28(10-12)14-5-3-13(20)4-6-14/h2-7,10-11H,8-9H2,1H3. The third-order valence-electron chi connectivity index (χ3n) is 4.96. The Hall–Kier alpha value is -3.50. The first-order chi connectivity index (χ1) is 14.2. The van der Waals surface area contributed by atoms with E-state index in [0.29, 0.717) is 5.69 Å². The van der Waals surface area contributed by atoms with E-state index in [1.807, 2.05) is 0 Å². The van der Waals surface area contributed by atoms with Crippen LogP contribution >= 0.6 is 0 Å². The van der Waals surface area contributed by atoms with Crippen LogP contribution in [0.1, 0.15) is 35.0 Å². The first kappa shape index (κ1) is 19.8. The van der Waals surface area contributed by atoms with Gasteiger partial charge in [0, 0.05) is 31.0 Å². The molecule has 0 saturated carbocycles. The molecule has 0 saturated heterocycles. The third-order valence-corrected chi connectivity index (χ3v) is 4.96. The van der Waals surface area contributed by atoms with Crippen molar-refractivity contribution in [3.05, 3.63) is 76.0 Å². The van der Waals surface area contributed by atoms with Crippen LogP contribution in [0.4, 0.5) is 17.6 Å². The van der Waals surface area contributed by atoms with Crippen LogP contribution in [0.3, 0.4) is 0 Å². The molecular formula is C19H15F4N5O2. The normalized spacial score (nSPS) is 16.4. The van der Waals surface area contributed by atoms with Gasteiger partial charge in [0.05, 0.1) is 11.6 Å². The molecule has 3 aromatic rings. The summed E-state index contributed by atoms with van der Waals surface area (Å²) in [5.41, 5.74) is 0.117. The Morgan fingerprint density at radius 3 is 2.43 bits per heavy atom. The van der Waals surface area contributed by atoms with Crippen molar-refractivity contribution >= 4 is 5.91 Å². The van der Waals surface area contributed by atoms with Crippen molar-refractivity contribution in [3.63, 3.8) is 0 Å². The van der Waals surface area contributed by atoms with E-state index in [1.165, 1.54) is 52.1 Å². The van der Waals surface area contributed by atoms with Crippen LogP contribution in [-0.2, 0) is 12.7 Å². The van der Waals surface area contributed by atoms with Crippen molar-refractivity contribution in [2.24, 2.45) is 0 Å². The number of rotatable bonds is 2. The Kier molecular flexibility index (Phi) is 4.67. The van der Waals surface area contributed by atoms with E-state index in [9.17, 15) is 27.2 Å². The number of amides is 1. The van der Waals surface area contributed by atoms with Crippen molar-refractivity contribution in [3.8, 4) is 5.69 Å². The number of halogens is 4. The lowest BCUT2D eigenvalue weighted by Crippen LogP contribution is -2.42. The lowest BCUT2D eigenvalue weighted by atomic mass is 10.1. The minimum atomic E-state index is -4.64. The van der Waals surface area contributed by atoms with Crippen molar-refractivity contribution in [1.29, 1.82) is 0 Å². The quantitative estimate of drug-likeness (QED) is 0.597. The fourth-order valence-corrected chi connectivity index (χ4v) is 3.46. The molecule has 11 heteroatoms. The van der Waals surface area contributed by atoms with E-state index in [1.54, 1.807) is 6.92 Å². The summed E-state index contributed by atoms with van der Waals surface area (Å²) in [6, 6.07) is 6.97. The number of alkyl halides is 3. The Balaban J connectivity index is 1.66. The molecule has 0 N–H and O–H groups in total. The Labute approximate surface area is 167 Å². The minimum absolute atomic E-state index is 0.0177. The number of aromatic nitrogens is 4. The zero-order chi connectivity index (χ0) is 21.6. The predicted octanol–water partition coefficient (Wildman–Crippen LogP) is 2.80. The first-order valence-electron chi connectivity index (χ1n) is 8.97. The smallest absolute Gasteiger partial charge is 0.327 e. The number of benzene rings is 1. The molecule has 0 aliphatic carbocycles. The molecule has 0 bridgehead atoms. The molecule has 156 valence electrons. The summed E-state index contributed by atoms with van der Waals surface area (Å²) >= 11 is 0. The molecule has 1 atom stereocenters. The van der Waals surface area contributed by atoms with Crippen molar-refractivity contribution in [1.82, 2.24) is 24.2 Å². The van der Waals surface area contributed by atoms with Gasteiger partial charge in [-0.15, -0.1) is 10.2 Å². The molecule has 1 amide bonds. The zero-order valence-corrected chi connectivity index (χ0v) is 15.6. The lowest BCUT2D eigenvalue weighted by Gasteiger charge is -2.34. The average Bonchev–Trinajstić information content (AvgIpc) is 3.14. The van der Waals surface area contributed by atoms with Crippen LogP contribution in [0.2, 0.25) is 0 Å². The highest BCUT2D eigenvalue weighted by atomic mass is 19.4. The number of hydrogen-bond acceptors (Lipinski definition) is 4. The largest absolute Gasteiger partial charge is 0.451 e. The number of fused-ring (bicyclic) bond motifs is 1. The Morgan fingerprint density at radius 2 is 1.77 bits per heavy atom. The molecular weight excluding hydrogens is 406 g/mol. The van der Waals surface area contributed by atoms with Crippen LogP contribution in [0.5, 0.6) is 0 Å². The molecule has 1 aliphatic rings. The highest BCUT2D eigenvalue weighted by Gasteiger charge is 2.41. The SMILES string of the molecule is CC1c2nnc(C(F)(F)F)n2CCN1C(=O)c1ccc(=O)n(-c2ccc(F)cc2)c1. The van der Waals surface area contributed by atoms with Gasteiger partial charge in [-0.25, -0.2) is 4.39 Å². The summed E-state index contributed by atoms with van der Waals surface area (Å²) in [5, 5.41) is 6.86. The van der Waals surface area contributed by atoms with Gasteiger partial charge in [-0.1, -0.05) is 0 Å². The predicted molar refractivity (Wildman–Crippen MR) is 96.5 cm³/mol. The van der Waals surface area contributed by atoms with Gasteiger partial charge in [0.25, 0.3) is 11.5 Å². The molecule has 1 aliphatic heterocycles. The highest BCUT2D eigenvalue weighted by molar-refractivity contribution is 5.94. The molecule has 2 aromatic heterocycles. The van der Waals surface area contributed by atoms with Crippen LogP contribution in [0, 0.1) is 5.82 Å². The van der Waals surface area contributed by atoms with Crippen molar-refractivity contribution in [2.75, 3.05) is 6.54 Å². The number of carbonyl (C=O) groups is 1. The summed E-state index contributed by atoms with van der Waals surface area (Å²) in [5.74, 6) is -2.00. The Morgan fingerprint density at radius 1 is 1.07 bits per heavy atom. The van der Waals surface area contributed by atoms with Crippen molar-refractivity contribution in [2.45, 2.75) is 25.7 Å². The maximum Gasteiger partial charge on any atom is 0.451 e. The monoisotopic (exact) mass is 421 g/mol. The molecule has 3 heterocycles. The number of hydrogen-bond donors (Lipinski definition) is 0. The van der Waals surface area contributed by atoms with E-state index in [0.717, 1.165) is 4.57 Å². The second kappa shape index (κ2) is 7.08. The number of pyridine rings is 1. The molecule has 1 unspecified atom stereocenters. The van der Waals surface area contributed by atoms with Crippen LogP contribution in [0.15, 0.2) is 47.4 Å². The fourth-order valence-electron chi connectivity index (χ4n) is 3.46. The lowest BCUT2D eigenvalue weighted by molar-refractivity contribution is -0.148. The summed E-state index contributed by atoms with van der Waals surface area (Å²) < 4.78 is 54.5. The second-order valence-electron chi connectivity index (χ2n) is 6.81. The van der Waals surface area contributed by atoms with E-state index < -0.39 is 35.3 Å². The summed E-state index contributed by atoms with van der Waals surface area (Å²) in [7, 11) is 0. The summed E-state index contributed by atoms with van der Waals surface area (Å²) in [4.78, 5) is 26.6. The highest BCUT2D eigenvalue weighted by Crippen LogP contribution is 2.33. The maximum absolute atomic E-state index is 13.2. The summed E-state index contributed by atoms with van der Waals surface area (Å²) in [6.07, 6.45) is -3.31. The van der Waals surface area contributed by atoms with Gasteiger partial charge in [0.2, 0.25) is 5.82 Å². The molecule has 0 spiro atoms. The average molecular weight is 421 g/mol. The third kappa shape index (κ3) is 3.36. The van der Waals surface area contributed by atoms with Crippen molar-refractivity contribution < 1.29 is 22.4 Å². The Bertz CT molecular complexity index is 1170. The van der Waals surface area contributed by atoms with Gasteiger partial charge in [-0.2, -0.15) is 13.2 Å². The molecule has 7 nitrogen and oxygen atoms in total. The molecule has 30 heavy (non-hydrogen) atoms. The van der Waals surface area contributed by atoms with E-state index in [-0.39, 0.29) is 24.5 Å². The van der Waals surface area contributed by atoms with Crippen LogP contribution in [0.25, 0.3) is 5.69 Å². The number of nitrogens with zero attached hydrogens (tertiary/aromatic N) is 5. The fraction of sp³-hybridized carbons (Fsp3) is 0.263. The van der Waals surface area contributed by atoms with Crippen LogP contribution in [-0.4, -0.2) is 36.7 Å². The second-order valence-corrected chi connectivity index (χ2v) is 6.81. The molecule has 0 fully saturated rings.